The molecule has 0 fully saturated rings. The molecule has 1 atom stereocenters. The van der Waals surface area contributed by atoms with E-state index in [1.54, 1.807) is 0 Å². The van der Waals surface area contributed by atoms with Crippen molar-refractivity contribution >= 4 is 5.91 Å². The summed E-state index contributed by atoms with van der Waals surface area (Å²) >= 11 is 0. The highest BCUT2D eigenvalue weighted by molar-refractivity contribution is 5.90. The Morgan fingerprint density at radius 2 is 2.00 bits per heavy atom. The normalized spacial score (nSPS) is 12.7. The number of nitrogens with one attached hydrogen (secondary N) is 1. The van der Waals surface area contributed by atoms with Crippen LogP contribution in [0.3, 0.4) is 0 Å². The van der Waals surface area contributed by atoms with Crippen LogP contribution in [0, 0.1) is 5.21 Å². The standard InChI is InChI=1S/C15H13F3N2O3/c16-15(17,18)11-5-3-4-10(8-11)13(21)9-19-14(22)12-6-1-2-7-20(12)23/h1-8,13,21H,9H2,(H,19,22). The summed E-state index contributed by atoms with van der Waals surface area (Å²) in [6.07, 6.45) is -4.71. The second-order valence-electron chi connectivity index (χ2n) is 4.76. The number of amides is 1. The van der Waals surface area contributed by atoms with Crippen LogP contribution in [0.5, 0.6) is 0 Å². The number of carbonyl (C=O) groups is 1. The lowest BCUT2D eigenvalue weighted by atomic mass is 10.1. The molecule has 1 unspecified atom stereocenters. The Labute approximate surface area is 129 Å². The van der Waals surface area contributed by atoms with Crippen LogP contribution in [0.1, 0.15) is 27.7 Å². The molecule has 0 aliphatic rings. The number of pyridine rings is 1. The number of hydrogen-bond donors (Lipinski definition) is 2. The summed E-state index contributed by atoms with van der Waals surface area (Å²) in [5.74, 6) is -0.730. The van der Waals surface area contributed by atoms with Crippen molar-refractivity contribution in [3.05, 3.63) is 70.7 Å². The fraction of sp³-hybridized carbons (Fsp3) is 0.200. The lowest BCUT2D eigenvalue weighted by Crippen LogP contribution is -2.40. The zero-order valence-electron chi connectivity index (χ0n) is 11.7. The molecular weight excluding hydrogens is 313 g/mol. The number of nitrogens with zero attached hydrogens (tertiary/aromatic N) is 1. The van der Waals surface area contributed by atoms with Crippen molar-refractivity contribution in [3.63, 3.8) is 0 Å². The minimum absolute atomic E-state index is 0.0168. The van der Waals surface area contributed by atoms with Gasteiger partial charge in [0.2, 0.25) is 0 Å². The summed E-state index contributed by atoms with van der Waals surface area (Å²) in [7, 11) is 0. The van der Waals surface area contributed by atoms with Crippen LogP contribution in [0.4, 0.5) is 13.2 Å². The Kier molecular flexibility index (Phi) is 4.85. The second-order valence-corrected chi connectivity index (χ2v) is 4.76. The molecule has 1 amide bonds. The first kappa shape index (κ1) is 16.8. The molecule has 5 nitrogen and oxygen atoms in total. The van der Waals surface area contributed by atoms with Crippen molar-refractivity contribution < 1.29 is 27.8 Å². The smallest absolute Gasteiger partial charge is 0.416 e. The van der Waals surface area contributed by atoms with E-state index in [0.717, 1.165) is 18.3 Å². The molecule has 0 bridgehead atoms. The van der Waals surface area contributed by atoms with E-state index < -0.39 is 23.8 Å². The van der Waals surface area contributed by atoms with Gasteiger partial charge >= 0.3 is 12.1 Å². The van der Waals surface area contributed by atoms with Gasteiger partial charge in [-0.15, -0.1) is 0 Å². The summed E-state index contributed by atoms with van der Waals surface area (Å²) in [4.78, 5) is 11.8. The highest BCUT2D eigenvalue weighted by Gasteiger charge is 2.30. The van der Waals surface area contributed by atoms with E-state index in [2.05, 4.69) is 5.32 Å². The number of carbonyl (C=O) groups excluding carboxylic acids is 1. The molecule has 122 valence electrons. The van der Waals surface area contributed by atoms with Crippen molar-refractivity contribution in [2.75, 3.05) is 6.54 Å². The lowest BCUT2D eigenvalue weighted by molar-refractivity contribution is -0.607. The first-order valence-corrected chi connectivity index (χ1v) is 6.60. The zero-order chi connectivity index (χ0) is 17.0. The number of aliphatic hydroxyl groups is 1. The molecule has 1 heterocycles. The van der Waals surface area contributed by atoms with E-state index in [9.17, 15) is 28.3 Å². The number of benzene rings is 1. The third-order valence-corrected chi connectivity index (χ3v) is 3.11. The number of aromatic nitrogens is 1. The van der Waals surface area contributed by atoms with Crippen molar-refractivity contribution in [3.8, 4) is 0 Å². The molecule has 0 aliphatic carbocycles. The number of hydrogen-bond acceptors (Lipinski definition) is 3. The third kappa shape index (κ3) is 4.19. The van der Waals surface area contributed by atoms with Crippen molar-refractivity contribution in [2.45, 2.75) is 12.3 Å². The Bertz CT molecular complexity index is 704. The molecule has 2 N–H and O–H groups in total. The SMILES string of the molecule is O=C(NCC(O)c1cccc(C(F)(F)F)c1)c1cccc[n+]1[O-]. The van der Waals surface area contributed by atoms with Crippen LogP contribution in [0.15, 0.2) is 48.7 Å². The van der Waals surface area contributed by atoms with Gasteiger partial charge < -0.3 is 15.6 Å². The van der Waals surface area contributed by atoms with E-state index in [0.29, 0.717) is 4.73 Å². The highest BCUT2D eigenvalue weighted by atomic mass is 19.4. The molecular formula is C15H13F3N2O3. The fourth-order valence-corrected chi connectivity index (χ4v) is 1.92. The molecule has 0 radical (unpaired) electrons. The van der Waals surface area contributed by atoms with Crippen LogP contribution in [-0.2, 0) is 6.18 Å². The maximum atomic E-state index is 12.6. The van der Waals surface area contributed by atoms with E-state index in [-0.39, 0.29) is 17.8 Å². The molecule has 23 heavy (non-hydrogen) atoms. The van der Waals surface area contributed by atoms with Crippen molar-refractivity contribution in [2.24, 2.45) is 0 Å². The quantitative estimate of drug-likeness (QED) is 0.664. The lowest BCUT2D eigenvalue weighted by Gasteiger charge is -2.14. The van der Waals surface area contributed by atoms with E-state index in [1.807, 2.05) is 0 Å². The van der Waals surface area contributed by atoms with Gasteiger partial charge in [0, 0.05) is 18.7 Å². The summed E-state index contributed by atoms with van der Waals surface area (Å²) in [5.41, 5.74) is -1.05. The van der Waals surface area contributed by atoms with E-state index in [1.165, 1.54) is 30.3 Å². The van der Waals surface area contributed by atoms with Crippen LogP contribution in [-0.4, -0.2) is 17.6 Å². The highest BCUT2D eigenvalue weighted by Crippen LogP contribution is 2.30. The third-order valence-electron chi connectivity index (χ3n) is 3.11. The van der Waals surface area contributed by atoms with Crippen LogP contribution >= 0.6 is 0 Å². The van der Waals surface area contributed by atoms with Crippen LogP contribution in [0.25, 0.3) is 0 Å². The van der Waals surface area contributed by atoms with E-state index >= 15 is 0 Å². The fourth-order valence-electron chi connectivity index (χ4n) is 1.92. The first-order valence-electron chi connectivity index (χ1n) is 6.60. The molecule has 2 aromatic rings. The van der Waals surface area contributed by atoms with Gasteiger partial charge in [0.15, 0.2) is 6.20 Å². The Balaban J connectivity index is 2.04. The van der Waals surface area contributed by atoms with Gasteiger partial charge in [-0.1, -0.05) is 12.1 Å². The Morgan fingerprint density at radius 1 is 1.26 bits per heavy atom. The molecule has 0 spiro atoms. The molecule has 0 aliphatic heterocycles. The average molecular weight is 326 g/mol. The topological polar surface area (TPSA) is 76.3 Å². The van der Waals surface area contributed by atoms with Crippen LogP contribution < -0.4 is 10.0 Å². The van der Waals surface area contributed by atoms with Crippen molar-refractivity contribution in [1.29, 1.82) is 0 Å². The largest absolute Gasteiger partial charge is 0.618 e. The first-order chi connectivity index (χ1) is 10.8. The number of aliphatic hydroxyl groups excluding tert-OH is 1. The van der Waals surface area contributed by atoms with Gasteiger partial charge in [0.05, 0.1) is 11.7 Å². The zero-order valence-corrected chi connectivity index (χ0v) is 11.7. The predicted octanol–water partition coefficient (Wildman–Crippen LogP) is 1.80. The van der Waals surface area contributed by atoms with Crippen molar-refractivity contribution in [1.82, 2.24) is 5.32 Å². The van der Waals surface area contributed by atoms with Gasteiger partial charge in [-0.3, -0.25) is 4.79 Å². The summed E-state index contributed by atoms with van der Waals surface area (Å²) in [5, 5.41) is 23.6. The predicted molar refractivity (Wildman–Crippen MR) is 74.1 cm³/mol. The van der Waals surface area contributed by atoms with Gasteiger partial charge in [0.1, 0.15) is 0 Å². The van der Waals surface area contributed by atoms with Gasteiger partial charge in [-0.25, -0.2) is 0 Å². The summed E-state index contributed by atoms with van der Waals surface area (Å²) < 4.78 is 38.2. The molecule has 0 saturated heterocycles. The monoisotopic (exact) mass is 326 g/mol. The van der Waals surface area contributed by atoms with Gasteiger partial charge in [-0.2, -0.15) is 17.9 Å². The molecule has 1 aromatic heterocycles. The molecule has 8 heteroatoms. The number of alkyl halides is 3. The molecule has 2 rings (SSSR count). The molecule has 1 aromatic carbocycles. The second kappa shape index (κ2) is 6.66. The minimum Gasteiger partial charge on any atom is -0.618 e. The average Bonchev–Trinajstić information content (AvgIpc) is 2.52. The van der Waals surface area contributed by atoms with Crippen LogP contribution in [0.2, 0.25) is 0 Å². The number of rotatable bonds is 4. The Hall–Kier alpha value is -2.61. The summed E-state index contributed by atoms with van der Waals surface area (Å²) in [6.45, 7) is -0.324. The maximum Gasteiger partial charge on any atom is 0.416 e. The Morgan fingerprint density at radius 3 is 2.65 bits per heavy atom. The number of halogens is 3. The van der Waals surface area contributed by atoms with E-state index in [4.69, 9.17) is 0 Å². The van der Waals surface area contributed by atoms with Gasteiger partial charge in [0.25, 0.3) is 5.69 Å². The minimum atomic E-state index is -4.52. The summed E-state index contributed by atoms with van der Waals surface area (Å²) in [6, 6.07) is 8.42. The maximum absolute atomic E-state index is 12.6. The van der Waals surface area contributed by atoms with Gasteiger partial charge in [-0.05, 0) is 23.8 Å². The molecule has 0 saturated carbocycles.